The largest absolute Gasteiger partial charge is 0.469 e. The van der Waals surface area contributed by atoms with Crippen LogP contribution in [0, 0.1) is 134 Å². The highest BCUT2D eigenvalue weighted by molar-refractivity contribution is 5.94. The molecule has 1 aromatic heterocycles. The molecule has 14 fully saturated rings. The van der Waals surface area contributed by atoms with E-state index in [9.17, 15) is 10.2 Å². The van der Waals surface area contributed by atoms with E-state index in [1.54, 1.807) is 6.26 Å². The Balaban J connectivity index is 0.821. The number of epoxide rings is 1. The van der Waals surface area contributed by atoms with Crippen molar-refractivity contribution >= 4 is 17.7 Å². The van der Waals surface area contributed by atoms with E-state index in [-0.39, 0.29) is 72.1 Å². The van der Waals surface area contributed by atoms with Crippen molar-refractivity contribution in [2.24, 2.45) is 122 Å². The Labute approximate surface area is 525 Å². The number of allylic oxidation sites excluding steroid dienone is 1. The van der Waals surface area contributed by atoms with Gasteiger partial charge in [-0.25, -0.2) is 4.79 Å². The fraction of sp³-hybridized carbons (Fsp3) is 0.750. The summed E-state index contributed by atoms with van der Waals surface area (Å²) in [4.78, 5) is 52.3. The van der Waals surface area contributed by atoms with Crippen LogP contribution in [0.15, 0.2) is 71.0 Å². The van der Waals surface area contributed by atoms with Gasteiger partial charge >= 0.3 is 11.9 Å². The molecule has 7 aliphatic heterocycles. The molecule has 13 nitrogen and oxygen atoms in total. The molecule has 0 amide bonds. The zero-order valence-corrected chi connectivity index (χ0v) is 52.6. The maximum absolute atomic E-state index is 17.8. The molecule has 474 valence electrons. The van der Waals surface area contributed by atoms with Crippen molar-refractivity contribution in [3.05, 3.63) is 83.5 Å². The van der Waals surface area contributed by atoms with Crippen molar-refractivity contribution in [1.82, 2.24) is 10.2 Å². The first-order valence-electron chi connectivity index (χ1n) is 35.9. The third kappa shape index (κ3) is 6.61. The summed E-state index contributed by atoms with van der Waals surface area (Å²) in [5.41, 5.74) is -6.10. The highest BCUT2D eigenvalue weighted by atomic mass is 16.7. The molecule has 1 aromatic carbocycles. The third-order valence-corrected chi connectivity index (χ3v) is 31.3. The number of fused-ring (bicyclic) bond motifs is 7. The van der Waals surface area contributed by atoms with E-state index in [1.807, 2.05) is 6.07 Å². The van der Waals surface area contributed by atoms with Gasteiger partial charge in [0, 0.05) is 47.2 Å². The maximum Gasteiger partial charge on any atom is 0.339 e. The van der Waals surface area contributed by atoms with Crippen LogP contribution in [-0.4, -0.2) is 106 Å². The molecule has 5 spiro atoms. The van der Waals surface area contributed by atoms with Gasteiger partial charge in [-0.05, 0) is 209 Å². The van der Waals surface area contributed by atoms with Crippen LogP contribution >= 0.6 is 0 Å². The monoisotopic (exact) mass is 1210 g/mol. The van der Waals surface area contributed by atoms with Crippen LogP contribution < -0.4 is 5.32 Å². The fourth-order valence-corrected chi connectivity index (χ4v) is 28.7. The summed E-state index contributed by atoms with van der Waals surface area (Å²) in [7, 11) is 0. The minimum absolute atomic E-state index is 0.0259. The number of benzene rings is 1. The normalized spacial score (nSPS) is 53.4. The van der Waals surface area contributed by atoms with Gasteiger partial charge < -0.3 is 43.6 Å². The van der Waals surface area contributed by atoms with Crippen molar-refractivity contribution < 1.29 is 53.1 Å². The molecule has 8 heterocycles. The summed E-state index contributed by atoms with van der Waals surface area (Å²) in [5, 5.41) is 41.8. The van der Waals surface area contributed by atoms with Gasteiger partial charge in [-0.1, -0.05) is 93.9 Å². The van der Waals surface area contributed by atoms with Crippen molar-refractivity contribution in [1.29, 1.82) is 0 Å². The van der Waals surface area contributed by atoms with Gasteiger partial charge in [-0.3, -0.25) is 14.9 Å². The summed E-state index contributed by atoms with van der Waals surface area (Å²) < 4.78 is 37.7. The number of esters is 2. The Morgan fingerprint density at radius 3 is 2.61 bits per heavy atom. The Kier molecular flexibility index (Phi) is 12.0. The van der Waals surface area contributed by atoms with Crippen LogP contribution in [0.5, 0.6) is 0 Å². The lowest BCUT2D eigenvalue weighted by molar-refractivity contribution is -0.315. The first-order valence-corrected chi connectivity index (χ1v) is 35.9. The van der Waals surface area contributed by atoms with E-state index >= 15 is 19.5 Å². The summed E-state index contributed by atoms with van der Waals surface area (Å²) >= 11 is 0. The molecule has 89 heavy (non-hydrogen) atoms. The van der Waals surface area contributed by atoms with Gasteiger partial charge in [0.15, 0.2) is 17.5 Å². The van der Waals surface area contributed by atoms with E-state index in [0.29, 0.717) is 66.7 Å². The van der Waals surface area contributed by atoms with Crippen LogP contribution in [0.3, 0.4) is 0 Å². The molecule has 4 N–H and O–H groups in total. The van der Waals surface area contributed by atoms with E-state index in [2.05, 4.69) is 91.5 Å². The number of hydrogen-bond acceptors (Lipinski definition) is 13. The summed E-state index contributed by atoms with van der Waals surface area (Å²) in [6, 6.07) is 13.2. The molecule has 17 aliphatic rings. The van der Waals surface area contributed by atoms with E-state index < -0.39 is 98.6 Å². The number of nitrogens with zero attached hydrogens (tertiary/aromatic N) is 1. The number of Topliss-reactive ketones (excluding diaryl/α,β-unsaturated/α-hetero) is 1. The Bertz CT molecular complexity index is 3440. The molecular formula is C76H94N2O11. The topological polar surface area (TPSA) is 181 Å². The Morgan fingerprint density at radius 1 is 0.888 bits per heavy atom. The average molecular weight is 1210 g/mol. The first-order chi connectivity index (χ1) is 43.1. The van der Waals surface area contributed by atoms with Crippen molar-refractivity contribution in [2.45, 2.75) is 202 Å². The number of cyclic esters (lactones) is 1. The van der Waals surface area contributed by atoms with Crippen molar-refractivity contribution in [3.63, 3.8) is 0 Å². The summed E-state index contributed by atoms with van der Waals surface area (Å²) in [5.74, 6) is 7.69. The van der Waals surface area contributed by atoms with Crippen LogP contribution in [0.4, 0.5) is 0 Å². The predicted molar refractivity (Wildman–Crippen MR) is 327 cm³/mol. The molecule has 13 heteroatoms. The zero-order valence-electron chi connectivity index (χ0n) is 52.6. The summed E-state index contributed by atoms with van der Waals surface area (Å²) in [6.07, 6.45) is 24.1. The second-order valence-corrected chi connectivity index (χ2v) is 33.7. The highest BCUT2D eigenvalue weighted by Crippen LogP contribution is 2.91. The standard InChI is InChI=1S/C76H94N2O11/c1-41-51-16-8-7-13-44(51)19-21-52(41)57-33-50-32-49-15-10-25-71(49)36-48-35-69(2)73(55-24-28-85-60(55)34-54(59(80)38-79)46-20-22-53-47(31-46)23-27-78-40-77-37-58(53)78)26-9-14-45-18-17-43(29-42-11-5-4-6-12-42)30-56(45)74(76(69)66(87-76)68(84)88-73)62(48)72-39-86-67(83)64(71)75(50,72)89-70(57,3)63(72)61(81)65(74)82/h4-6,11-12,23-24,27-28,33,41,43-49,51-54,56-59,62-66,77,79-80,82H,7-8,10,13,15-22,25-26,29-32,34-40H2,1-3H3. The van der Waals surface area contributed by atoms with Gasteiger partial charge in [0.1, 0.15) is 29.7 Å². The van der Waals surface area contributed by atoms with Crippen LogP contribution in [-0.2, 0) is 51.8 Å². The quantitative estimate of drug-likeness (QED) is 0.0807. The SMILES string of the molecule is CC1C2CCCCC2CCC1C1C=C2CC3CCCC34CC3CC5(C)C6(c7ccoc7CC(C(O)CO)C7CCC8C(C=CN9CNCC89)C7)CC#CC7CCC(Cc8ccccc8)CC7C7(C(O)C(=O)C8C1(C)OC21C4C(=O)OCC81C37)C51OC1C(=O)O6. The van der Waals surface area contributed by atoms with Gasteiger partial charge in [0.2, 0.25) is 0 Å². The lowest BCUT2D eigenvalue weighted by Crippen LogP contribution is -2.83. The number of ketones is 1. The number of rotatable bonds is 9. The average Bonchev–Trinajstić information content (AvgIpc) is 1.44. The van der Waals surface area contributed by atoms with E-state index in [1.165, 1.54) is 43.2 Å². The summed E-state index contributed by atoms with van der Waals surface area (Å²) in [6.45, 7) is 8.53. The number of hydrogen-bond donors (Lipinski definition) is 4. The second kappa shape index (κ2) is 19.0. The molecular weight excluding hydrogens is 1120 g/mol. The van der Waals surface area contributed by atoms with E-state index in [0.717, 1.165) is 89.8 Å². The van der Waals surface area contributed by atoms with Gasteiger partial charge in [-0.15, -0.1) is 0 Å². The second-order valence-electron chi connectivity index (χ2n) is 33.7. The molecule has 9 saturated carbocycles. The minimum atomic E-state index is -1.57. The minimum Gasteiger partial charge on any atom is -0.469 e. The molecule has 29 atom stereocenters. The smallest absolute Gasteiger partial charge is 0.339 e. The van der Waals surface area contributed by atoms with Crippen LogP contribution in [0.1, 0.15) is 160 Å². The van der Waals surface area contributed by atoms with E-state index in [4.69, 9.17) is 23.4 Å². The highest BCUT2D eigenvalue weighted by Gasteiger charge is 3.00. The van der Waals surface area contributed by atoms with Crippen LogP contribution in [0.25, 0.3) is 0 Å². The molecule has 0 radical (unpaired) electrons. The molecule has 19 rings (SSSR count). The Morgan fingerprint density at radius 2 is 1.74 bits per heavy atom. The fourth-order valence-electron chi connectivity index (χ4n) is 28.7. The molecule has 5 saturated heterocycles. The number of carbonyl (C=O) groups excluding carboxylic acids is 3. The molecule has 10 aliphatic carbocycles. The number of furan rings is 1. The van der Waals surface area contributed by atoms with Crippen LogP contribution in [0.2, 0.25) is 0 Å². The number of ether oxygens (including phenoxy) is 4. The predicted octanol–water partition coefficient (Wildman–Crippen LogP) is 10.0. The maximum atomic E-state index is 17.8. The third-order valence-electron chi connectivity index (χ3n) is 31.3. The first kappa shape index (κ1) is 56.3. The number of aliphatic hydroxyl groups excluding tert-OH is 3. The van der Waals surface area contributed by atoms with Crippen molar-refractivity contribution in [3.8, 4) is 11.8 Å². The lowest BCUT2D eigenvalue weighted by atomic mass is 9.28. The Hall–Kier alpha value is -4.29. The van der Waals surface area contributed by atoms with Gasteiger partial charge in [0.05, 0.1) is 54.9 Å². The molecule has 2 aromatic rings. The number of carbonyl (C=O) groups is 3. The molecule has 29 unspecified atom stereocenters. The number of nitrogens with one attached hydrogen (secondary N) is 1. The lowest BCUT2D eigenvalue weighted by Gasteiger charge is -2.74. The van der Waals surface area contributed by atoms with Crippen molar-refractivity contribution in [2.75, 3.05) is 26.4 Å². The zero-order chi connectivity index (χ0) is 60.1. The van der Waals surface area contributed by atoms with Gasteiger partial charge in [0.25, 0.3) is 0 Å². The molecule has 9 bridgehead atoms. The number of aliphatic hydroxyl groups is 3. The van der Waals surface area contributed by atoms with Gasteiger partial charge in [-0.2, -0.15) is 0 Å².